The van der Waals surface area contributed by atoms with Crippen molar-refractivity contribution in [2.45, 2.75) is 123 Å². The number of hydrogen-bond donors (Lipinski definition) is 4. The van der Waals surface area contributed by atoms with Crippen LogP contribution in [0.1, 0.15) is 144 Å². The topological polar surface area (TPSA) is 125 Å². The second-order valence-corrected chi connectivity index (χ2v) is 17.4. The van der Waals surface area contributed by atoms with E-state index in [0.717, 1.165) is 143 Å². The number of nitrogen functional groups attached to an aromatic ring is 1. The first-order chi connectivity index (χ1) is 30.3. The number of para-hydroxylation sites is 2. The van der Waals surface area contributed by atoms with E-state index in [1.54, 1.807) is 12.1 Å². The Balaban J connectivity index is 1.05. The number of nitrogens with one attached hydrogen (secondary N) is 2. The highest BCUT2D eigenvalue weighted by molar-refractivity contribution is 6.07. The third-order valence-electron chi connectivity index (χ3n) is 13.0. The molecule has 0 aliphatic heterocycles. The van der Waals surface area contributed by atoms with Gasteiger partial charge in [-0.3, -0.25) is 4.99 Å². The summed E-state index contributed by atoms with van der Waals surface area (Å²) in [5.41, 5.74) is 18.3. The van der Waals surface area contributed by atoms with E-state index in [4.69, 9.17) is 25.7 Å². The molecule has 320 valence electrons. The predicted molar refractivity (Wildman–Crippen MR) is 262 cm³/mol. The van der Waals surface area contributed by atoms with Crippen LogP contribution in [0.25, 0.3) is 45.0 Å². The summed E-state index contributed by atoms with van der Waals surface area (Å²) in [5.74, 6) is 3.90. The second kappa shape index (κ2) is 19.8. The Labute approximate surface area is 367 Å². The number of aromatic hydroxyl groups is 1. The van der Waals surface area contributed by atoms with Crippen molar-refractivity contribution >= 4 is 73.7 Å². The first kappa shape index (κ1) is 42.7. The molecular formula is C54H63N7O. The molecule has 8 heteroatoms. The normalized spacial score (nSPS) is 16.6. The monoisotopic (exact) mass is 826 g/mol. The number of fused-ring (bicyclic) bond motifs is 4. The Morgan fingerprint density at radius 2 is 1.45 bits per heavy atom. The Morgan fingerprint density at radius 3 is 2.19 bits per heavy atom. The highest BCUT2D eigenvalue weighted by Crippen LogP contribution is 2.40. The van der Waals surface area contributed by atoms with E-state index in [-0.39, 0.29) is 5.75 Å². The van der Waals surface area contributed by atoms with Crippen molar-refractivity contribution in [3.63, 3.8) is 0 Å². The molecule has 1 aliphatic carbocycles. The number of pyridine rings is 2. The molecule has 0 bridgehead atoms. The van der Waals surface area contributed by atoms with Crippen molar-refractivity contribution in [1.82, 2.24) is 19.9 Å². The van der Waals surface area contributed by atoms with Gasteiger partial charge in [0.2, 0.25) is 0 Å². The second-order valence-electron chi connectivity index (χ2n) is 17.4. The lowest BCUT2D eigenvalue weighted by Gasteiger charge is -2.21. The van der Waals surface area contributed by atoms with Crippen LogP contribution in [0.5, 0.6) is 5.75 Å². The molecule has 2 unspecified atom stereocenters. The number of nitrogens with zero attached hydrogens (tertiary/aromatic N) is 4. The molecule has 0 amide bonds. The third-order valence-corrected chi connectivity index (χ3v) is 13.0. The molecule has 3 heterocycles. The van der Waals surface area contributed by atoms with Gasteiger partial charge in [0.1, 0.15) is 34.1 Å². The van der Waals surface area contributed by atoms with E-state index >= 15 is 0 Å². The largest absolute Gasteiger partial charge is 0.508 e. The summed E-state index contributed by atoms with van der Waals surface area (Å²) in [4.78, 5) is 24.7. The number of aryl methyl sites for hydroxylation is 1. The molecule has 0 saturated heterocycles. The predicted octanol–water partition coefficient (Wildman–Crippen LogP) is 14.9. The molecule has 1 saturated carbocycles. The Morgan fingerprint density at radius 1 is 0.774 bits per heavy atom. The van der Waals surface area contributed by atoms with E-state index in [9.17, 15) is 5.11 Å². The molecule has 8 rings (SSSR count). The number of phenols is 1. The molecule has 2 atom stereocenters. The highest BCUT2D eigenvalue weighted by atomic mass is 16.3. The molecule has 0 radical (unpaired) electrons. The van der Waals surface area contributed by atoms with Crippen LogP contribution in [0, 0.1) is 12.8 Å². The van der Waals surface area contributed by atoms with Gasteiger partial charge in [-0.1, -0.05) is 132 Å². The number of anilines is 3. The molecule has 8 nitrogen and oxygen atoms in total. The van der Waals surface area contributed by atoms with Crippen molar-refractivity contribution in [2.24, 2.45) is 10.9 Å². The fraction of sp³-hybridized carbons (Fsp3) is 0.370. The molecule has 1 fully saturated rings. The van der Waals surface area contributed by atoms with Crippen LogP contribution in [-0.4, -0.2) is 30.8 Å². The number of rotatable bonds is 14. The van der Waals surface area contributed by atoms with Crippen molar-refractivity contribution in [3.05, 3.63) is 119 Å². The van der Waals surface area contributed by atoms with Gasteiger partial charge in [-0.15, -0.1) is 0 Å². The lowest BCUT2D eigenvalue weighted by atomic mass is 9.87. The zero-order valence-electron chi connectivity index (χ0n) is 37.1. The summed E-state index contributed by atoms with van der Waals surface area (Å²) in [7, 11) is 0. The van der Waals surface area contributed by atoms with Crippen LogP contribution < -0.4 is 11.1 Å². The third kappa shape index (κ3) is 9.55. The number of benzene rings is 4. The zero-order valence-corrected chi connectivity index (χ0v) is 37.1. The fourth-order valence-corrected chi connectivity index (χ4v) is 9.72. The van der Waals surface area contributed by atoms with E-state index < -0.39 is 0 Å². The molecule has 5 N–H and O–H groups in total. The molecule has 62 heavy (non-hydrogen) atoms. The summed E-state index contributed by atoms with van der Waals surface area (Å²) in [6.07, 6.45) is 18.6. The molecule has 0 spiro atoms. The van der Waals surface area contributed by atoms with Gasteiger partial charge in [-0.25, -0.2) is 15.0 Å². The van der Waals surface area contributed by atoms with Crippen LogP contribution in [0.15, 0.2) is 96.0 Å². The first-order valence-electron chi connectivity index (χ1n) is 23.2. The maximum absolute atomic E-state index is 9.64. The Kier molecular flexibility index (Phi) is 13.6. The zero-order chi connectivity index (χ0) is 43.0. The number of aromatic amines is 1. The molecule has 3 aromatic heterocycles. The fourth-order valence-electron chi connectivity index (χ4n) is 9.72. The van der Waals surface area contributed by atoms with E-state index in [1.807, 2.05) is 12.1 Å². The quantitative estimate of drug-likeness (QED) is 0.0639. The van der Waals surface area contributed by atoms with Gasteiger partial charge in [-0.05, 0) is 116 Å². The maximum Gasteiger partial charge on any atom is 0.157 e. The van der Waals surface area contributed by atoms with E-state index in [2.05, 4.69) is 117 Å². The van der Waals surface area contributed by atoms with Crippen LogP contribution in [0.4, 0.5) is 23.0 Å². The number of aromatic nitrogens is 4. The van der Waals surface area contributed by atoms with Crippen molar-refractivity contribution < 1.29 is 5.11 Å². The summed E-state index contributed by atoms with van der Waals surface area (Å²) in [5, 5.41) is 15.6. The summed E-state index contributed by atoms with van der Waals surface area (Å²) < 4.78 is 0. The van der Waals surface area contributed by atoms with Crippen molar-refractivity contribution in [2.75, 3.05) is 11.1 Å². The maximum atomic E-state index is 9.64. The van der Waals surface area contributed by atoms with Gasteiger partial charge in [0.05, 0.1) is 11.0 Å². The standard InChI is InChI=1S/C54H63N7O/c1-5-14-40(15-6-2)53-60-50-45-23-13-22-44(49(45)59-52(55)51(50)61-53)38-17-8-9-18-39(20-12-19-38)46(16-7-3)57-48-35(4)43-21-10-11-24-47(43)58-54(48)56-41-31-27-36(28-32-41)25-26-37-29-33-42(62)34-30-37/h10-11,13,21-34,38-40,62H,5-9,12,14-20H2,1-4H3,(H2,55,59)(H,56,58)(H,60,61)/b26-25+,57-46?. The van der Waals surface area contributed by atoms with E-state index in [1.165, 1.54) is 24.1 Å². The minimum absolute atomic E-state index is 0.268. The lowest BCUT2D eigenvalue weighted by Crippen LogP contribution is -2.15. The van der Waals surface area contributed by atoms with Crippen molar-refractivity contribution in [3.8, 4) is 5.75 Å². The summed E-state index contributed by atoms with van der Waals surface area (Å²) in [6.45, 7) is 8.97. The van der Waals surface area contributed by atoms with Gasteiger partial charge in [0.25, 0.3) is 0 Å². The number of nitrogens with two attached hydrogens (primary N) is 1. The van der Waals surface area contributed by atoms with Gasteiger partial charge in [-0.2, -0.15) is 0 Å². The molecule has 4 aromatic carbocycles. The lowest BCUT2D eigenvalue weighted by molar-refractivity contribution is 0.475. The first-order valence-corrected chi connectivity index (χ1v) is 23.2. The van der Waals surface area contributed by atoms with Crippen LogP contribution in [-0.2, 0) is 0 Å². The average molecular weight is 826 g/mol. The number of hydrogen-bond acceptors (Lipinski definition) is 7. The van der Waals surface area contributed by atoms with Gasteiger partial charge in [0, 0.05) is 28.1 Å². The van der Waals surface area contributed by atoms with Crippen LogP contribution >= 0.6 is 0 Å². The van der Waals surface area contributed by atoms with Crippen LogP contribution in [0.2, 0.25) is 0 Å². The van der Waals surface area contributed by atoms with Crippen LogP contribution in [0.3, 0.4) is 0 Å². The van der Waals surface area contributed by atoms with Gasteiger partial charge >= 0.3 is 0 Å². The Bertz CT molecular complexity index is 2670. The molecule has 1 aliphatic rings. The average Bonchev–Trinajstić information content (AvgIpc) is 3.78. The molecular weight excluding hydrogens is 763 g/mol. The molecule has 7 aromatic rings. The Hall–Kier alpha value is -6.02. The number of phenolic OH excluding ortho intramolecular Hbond substituents is 1. The minimum Gasteiger partial charge on any atom is -0.508 e. The van der Waals surface area contributed by atoms with E-state index in [0.29, 0.717) is 23.6 Å². The number of H-pyrrole nitrogens is 1. The minimum atomic E-state index is 0.268. The SMILES string of the molecule is CCCC(=Nc1c(Nc2ccc(/C=C/c3ccc(O)cc3)cc2)nc2ccccc2c1C)C1CCCCC(c2cccc3c2nc(N)c2[nH]c(C(CCC)CCC)nc23)CCC1. The highest BCUT2D eigenvalue weighted by Gasteiger charge is 2.25. The summed E-state index contributed by atoms with van der Waals surface area (Å²) in [6, 6.07) is 30.7. The summed E-state index contributed by atoms with van der Waals surface area (Å²) >= 11 is 0. The van der Waals surface area contributed by atoms with Crippen molar-refractivity contribution in [1.29, 1.82) is 0 Å². The van der Waals surface area contributed by atoms with Gasteiger partial charge < -0.3 is 21.1 Å². The smallest absolute Gasteiger partial charge is 0.157 e. The number of aliphatic imine (C=N–C) groups is 1. The number of imidazole rings is 1. The van der Waals surface area contributed by atoms with Gasteiger partial charge in [0.15, 0.2) is 5.82 Å².